The molecule has 2 aromatic rings. The van der Waals surface area contributed by atoms with E-state index in [9.17, 15) is 9.18 Å². The lowest BCUT2D eigenvalue weighted by Crippen LogP contribution is -2.14. The summed E-state index contributed by atoms with van der Waals surface area (Å²) in [5.41, 5.74) is 0.388. The van der Waals surface area contributed by atoms with Crippen molar-refractivity contribution >= 4 is 23.2 Å². The molecule has 1 aliphatic carbocycles. The molecule has 0 aliphatic heterocycles. The van der Waals surface area contributed by atoms with Crippen molar-refractivity contribution in [1.29, 1.82) is 0 Å². The van der Waals surface area contributed by atoms with Gasteiger partial charge in [-0.2, -0.15) is 5.10 Å². The van der Waals surface area contributed by atoms with Crippen molar-refractivity contribution in [3.8, 4) is 0 Å². The number of aromatic nitrogens is 2. The van der Waals surface area contributed by atoms with Crippen LogP contribution in [-0.4, -0.2) is 15.7 Å². The molecule has 6 heteroatoms. The Morgan fingerprint density at radius 3 is 3.00 bits per heavy atom. The Kier molecular flexibility index (Phi) is 3.44. The highest BCUT2D eigenvalue weighted by Crippen LogP contribution is 2.30. The van der Waals surface area contributed by atoms with Crippen LogP contribution in [0.1, 0.15) is 23.2 Å². The molecule has 0 bridgehead atoms. The number of carbonyl (C=O) groups is 1. The van der Waals surface area contributed by atoms with Crippen LogP contribution in [0.3, 0.4) is 0 Å². The van der Waals surface area contributed by atoms with Crippen molar-refractivity contribution in [2.45, 2.75) is 19.4 Å². The first-order chi connectivity index (χ1) is 9.63. The van der Waals surface area contributed by atoms with Gasteiger partial charge in [0, 0.05) is 12.7 Å². The Labute approximate surface area is 120 Å². The Hall–Kier alpha value is -1.88. The molecule has 0 atom stereocenters. The smallest absolute Gasteiger partial charge is 0.260 e. The summed E-state index contributed by atoms with van der Waals surface area (Å²) in [6.45, 7) is 0.857. The molecule has 20 heavy (non-hydrogen) atoms. The summed E-state index contributed by atoms with van der Waals surface area (Å²) >= 11 is 5.85. The van der Waals surface area contributed by atoms with E-state index in [4.69, 9.17) is 11.6 Å². The summed E-state index contributed by atoms with van der Waals surface area (Å²) in [5.74, 6) is -0.515. The summed E-state index contributed by atoms with van der Waals surface area (Å²) in [6.07, 6.45) is 5.75. The van der Waals surface area contributed by atoms with Gasteiger partial charge in [0.1, 0.15) is 5.82 Å². The van der Waals surface area contributed by atoms with Gasteiger partial charge < -0.3 is 5.32 Å². The SMILES string of the molecule is O=C(Nc1cnn(CC2CC2)c1)c1c(F)cccc1Cl. The van der Waals surface area contributed by atoms with Crippen molar-refractivity contribution in [1.82, 2.24) is 9.78 Å². The van der Waals surface area contributed by atoms with E-state index in [-0.39, 0.29) is 10.6 Å². The predicted molar refractivity (Wildman–Crippen MR) is 74.3 cm³/mol. The summed E-state index contributed by atoms with van der Waals surface area (Å²) in [5, 5.41) is 6.86. The zero-order chi connectivity index (χ0) is 14.1. The van der Waals surface area contributed by atoms with Gasteiger partial charge in [-0.3, -0.25) is 9.48 Å². The summed E-state index contributed by atoms with van der Waals surface area (Å²) in [7, 11) is 0. The molecule has 0 saturated heterocycles. The molecular weight excluding hydrogens is 281 g/mol. The first-order valence-electron chi connectivity index (χ1n) is 6.41. The molecule has 0 radical (unpaired) electrons. The van der Waals surface area contributed by atoms with E-state index in [0.29, 0.717) is 11.6 Å². The molecule has 0 unspecified atom stereocenters. The summed E-state index contributed by atoms with van der Waals surface area (Å²) in [4.78, 5) is 12.0. The summed E-state index contributed by atoms with van der Waals surface area (Å²) < 4.78 is 15.4. The molecular formula is C14H13ClFN3O. The van der Waals surface area contributed by atoms with Crippen LogP contribution in [0.15, 0.2) is 30.6 Å². The molecule has 104 valence electrons. The van der Waals surface area contributed by atoms with Gasteiger partial charge in [-0.25, -0.2) is 4.39 Å². The highest BCUT2D eigenvalue weighted by Gasteiger charge is 2.22. The molecule has 1 aromatic heterocycles. The van der Waals surface area contributed by atoms with Gasteiger partial charge in [-0.05, 0) is 30.9 Å². The van der Waals surface area contributed by atoms with Crippen LogP contribution in [0.4, 0.5) is 10.1 Å². The minimum absolute atomic E-state index is 0.0906. The molecule has 0 spiro atoms. The van der Waals surface area contributed by atoms with E-state index in [1.807, 2.05) is 0 Å². The maximum Gasteiger partial charge on any atom is 0.260 e. The number of carbonyl (C=O) groups excluding carboxylic acids is 1. The molecule has 1 aromatic carbocycles. The number of amides is 1. The van der Waals surface area contributed by atoms with Gasteiger partial charge >= 0.3 is 0 Å². The van der Waals surface area contributed by atoms with Crippen molar-refractivity contribution < 1.29 is 9.18 Å². The second kappa shape index (κ2) is 5.25. The molecule has 1 heterocycles. The van der Waals surface area contributed by atoms with Crippen LogP contribution in [0.5, 0.6) is 0 Å². The number of halogens is 2. The van der Waals surface area contributed by atoms with Gasteiger partial charge in [0.2, 0.25) is 0 Å². The maximum absolute atomic E-state index is 13.6. The topological polar surface area (TPSA) is 46.9 Å². The Balaban J connectivity index is 1.73. The van der Waals surface area contributed by atoms with Crippen LogP contribution in [0, 0.1) is 11.7 Å². The third-order valence-corrected chi connectivity index (χ3v) is 3.54. The Morgan fingerprint density at radius 1 is 1.50 bits per heavy atom. The minimum Gasteiger partial charge on any atom is -0.319 e. The Bertz CT molecular complexity index is 631. The quantitative estimate of drug-likeness (QED) is 0.940. The van der Waals surface area contributed by atoms with E-state index in [1.54, 1.807) is 17.1 Å². The fourth-order valence-corrected chi connectivity index (χ4v) is 2.25. The fourth-order valence-electron chi connectivity index (χ4n) is 2.00. The lowest BCUT2D eigenvalue weighted by atomic mass is 10.2. The molecule has 1 fully saturated rings. The fraction of sp³-hybridized carbons (Fsp3) is 0.286. The van der Waals surface area contributed by atoms with Gasteiger partial charge in [0.15, 0.2) is 0 Å². The number of anilines is 1. The zero-order valence-electron chi connectivity index (χ0n) is 10.6. The monoisotopic (exact) mass is 293 g/mol. The number of rotatable bonds is 4. The number of benzene rings is 1. The first kappa shape index (κ1) is 13.1. The average Bonchev–Trinajstić information content (AvgIpc) is 3.09. The third-order valence-electron chi connectivity index (χ3n) is 3.22. The number of hydrogen-bond donors (Lipinski definition) is 1. The van der Waals surface area contributed by atoms with Crippen LogP contribution in [0.2, 0.25) is 5.02 Å². The van der Waals surface area contributed by atoms with E-state index in [1.165, 1.54) is 31.0 Å². The second-order valence-electron chi connectivity index (χ2n) is 4.95. The van der Waals surface area contributed by atoms with Crippen LogP contribution < -0.4 is 5.32 Å². The highest BCUT2D eigenvalue weighted by atomic mass is 35.5. The molecule has 1 amide bonds. The molecule has 3 rings (SSSR count). The van der Waals surface area contributed by atoms with E-state index in [2.05, 4.69) is 10.4 Å². The predicted octanol–water partition coefficient (Wildman–Crippen LogP) is 3.34. The average molecular weight is 294 g/mol. The second-order valence-corrected chi connectivity index (χ2v) is 5.35. The normalized spacial score (nSPS) is 14.3. The van der Waals surface area contributed by atoms with E-state index in [0.717, 1.165) is 6.54 Å². The molecule has 4 nitrogen and oxygen atoms in total. The highest BCUT2D eigenvalue weighted by molar-refractivity contribution is 6.34. The van der Waals surface area contributed by atoms with Gasteiger partial charge in [0.05, 0.1) is 22.5 Å². The third kappa shape index (κ3) is 2.82. The van der Waals surface area contributed by atoms with Crippen molar-refractivity contribution in [2.75, 3.05) is 5.32 Å². The minimum atomic E-state index is -0.639. The maximum atomic E-state index is 13.6. The van der Waals surface area contributed by atoms with Crippen LogP contribution in [-0.2, 0) is 6.54 Å². The van der Waals surface area contributed by atoms with E-state index < -0.39 is 11.7 Å². The Morgan fingerprint density at radius 2 is 2.30 bits per heavy atom. The number of nitrogens with zero attached hydrogens (tertiary/aromatic N) is 2. The summed E-state index contributed by atoms with van der Waals surface area (Å²) in [6, 6.07) is 4.15. The van der Waals surface area contributed by atoms with Crippen LogP contribution >= 0.6 is 11.6 Å². The van der Waals surface area contributed by atoms with Gasteiger partial charge in [-0.1, -0.05) is 17.7 Å². The lowest BCUT2D eigenvalue weighted by molar-refractivity contribution is 0.102. The van der Waals surface area contributed by atoms with Crippen molar-refractivity contribution in [3.05, 3.63) is 47.0 Å². The van der Waals surface area contributed by atoms with Gasteiger partial charge in [0.25, 0.3) is 5.91 Å². The standard InChI is InChI=1S/C14H13ClFN3O/c15-11-2-1-3-12(16)13(11)14(20)18-10-6-17-19(8-10)7-9-4-5-9/h1-3,6,8-9H,4-5,7H2,(H,18,20). The number of nitrogens with one attached hydrogen (secondary N) is 1. The molecule has 1 saturated carbocycles. The largest absolute Gasteiger partial charge is 0.319 e. The van der Waals surface area contributed by atoms with Gasteiger partial charge in [-0.15, -0.1) is 0 Å². The lowest BCUT2D eigenvalue weighted by Gasteiger charge is -2.05. The van der Waals surface area contributed by atoms with Crippen molar-refractivity contribution in [3.63, 3.8) is 0 Å². The van der Waals surface area contributed by atoms with E-state index >= 15 is 0 Å². The molecule has 1 N–H and O–H groups in total. The van der Waals surface area contributed by atoms with Crippen molar-refractivity contribution in [2.24, 2.45) is 5.92 Å². The zero-order valence-corrected chi connectivity index (χ0v) is 11.4. The van der Waals surface area contributed by atoms with Crippen LogP contribution in [0.25, 0.3) is 0 Å². The molecule has 1 aliphatic rings. The number of hydrogen-bond acceptors (Lipinski definition) is 2. The first-order valence-corrected chi connectivity index (χ1v) is 6.79.